The molecule has 5 heteroatoms. The maximum atomic E-state index is 12.0. The smallest absolute Gasteiger partial charge is 0.326 e. The van der Waals surface area contributed by atoms with E-state index < -0.39 is 12.0 Å². The number of fused-ring (bicyclic) bond motifs is 1. The van der Waals surface area contributed by atoms with Gasteiger partial charge in [-0.15, -0.1) is 11.3 Å². The predicted molar refractivity (Wildman–Crippen MR) is 70.1 cm³/mol. The summed E-state index contributed by atoms with van der Waals surface area (Å²) in [6, 6.07) is 1.13. The number of nitrogens with one attached hydrogen (secondary N) is 1. The third kappa shape index (κ3) is 2.72. The maximum Gasteiger partial charge on any atom is 0.326 e. The van der Waals surface area contributed by atoms with Crippen molar-refractivity contribution in [1.82, 2.24) is 5.32 Å². The fraction of sp³-hybridized carbons (Fsp3) is 0.538. The van der Waals surface area contributed by atoms with E-state index in [1.165, 1.54) is 21.8 Å². The number of rotatable bonds is 5. The van der Waals surface area contributed by atoms with Gasteiger partial charge < -0.3 is 10.4 Å². The fourth-order valence-electron chi connectivity index (χ4n) is 2.22. The SMILES string of the molecule is CCC[C@@H](NC(=O)c1cc2c(s1)CCC2)C(=O)O. The van der Waals surface area contributed by atoms with Crippen LogP contribution < -0.4 is 5.32 Å². The van der Waals surface area contributed by atoms with Crippen molar-refractivity contribution in [2.24, 2.45) is 0 Å². The van der Waals surface area contributed by atoms with E-state index in [1.807, 2.05) is 13.0 Å². The molecule has 0 spiro atoms. The first kappa shape index (κ1) is 13.1. The summed E-state index contributed by atoms with van der Waals surface area (Å²) in [4.78, 5) is 24.9. The molecule has 0 aliphatic heterocycles. The molecule has 18 heavy (non-hydrogen) atoms. The van der Waals surface area contributed by atoms with E-state index in [-0.39, 0.29) is 5.91 Å². The van der Waals surface area contributed by atoms with Gasteiger partial charge >= 0.3 is 5.97 Å². The number of carboxylic acid groups (broad SMARTS) is 1. The summed E-state index contributed by atoms with van der Waals surface area (Å²) in [5.74, 6) is -1.22. The van der Waals surface area contributed by atoms with Gasteiger partial charge in [0, 0.05) is 4.88 Å². The lowest BCUT2D eigenvalue weighted by atomic mass is 10.1. The zero-order chi connectivity index (χ0) is 13.1. The number of hydrogen-bond acceptors (Lipinski definition) is 3. The monoisotopic (exact) mass is 267 g/mol. The lowest BCUT2D eigenvalue weighted by Crippen LogP contribution is -2.40. The molecule has 1 aromatic rings. The molecule has 0 aromatic carbocycles. The summed E-state index contributed by atoms with van der Waals surface area (Å²) < 4.78 is 0. The van der Waals surface area contributed by atoms with Crippen LogP contribution in [0, 0.1) is 0 Å². The summed E-state index contributed by atoms with van der Waals surface area (Å²) in [6.07, 6.45) is 4.45. The molecular formula is C13H17NO3S. The van der Waals surface area contributed by atoms with Crippen molar-refractivity contribution in [2.45, 2.75) is 45.1 Å². The normalized spacial score (nSPS) is 15.2. The molecule has 1 heterocycles. The largest absolute Gasteiger partial charge is 0.480 e. The molecule has 0 saturated heterocycles. The van der Waals surface area contributed by atoms with Crippen LogP contribution in [0.2, 0.25) is 0 Å². The third-order valence-electron chi connectivity index (χ3n) is 3.15. The minimum Gasteiger partial charge on any atom is -0.480 e. The summed E-state index contributed by atoms with van der Waals surface area (Å²) in [7, 11) is 0. The molecular weight excluding hydrogens is 250 g/mol. The molecule has 4 nitrogen and oxygen atoms in total. The van der Waals surface area contributed by atoms with Crippen LogP contribution in [0.4, 0.5) is 0 Å². The second-order valence-corrected chi connectivity index (χ2v) is 5.70. The van der Waals surface area contributed by atoms with Crippen LogP contribution in [0.15, 0.2) is 6.07 Å². The molecule has 98 valence electrons. The summed E-state index contributed by atoms with van der Waals surface area (Å²) in [5, 5.41) is 11.6. The molecule has 0 bridgehead atoms. The zero-order valence-corrected chi connectivity index (χ0v) is 11.2. The molecule has 1 aliphatic rings. The summed E-state index contributed by atoms with van der Waals surface area (Å²) in [6.45, 7) is 1.90. The van der Waals surface area contributed by atoms with Gasteiger partial charge in [-0.1, -0.05) is 13.3 Å². The number of carbonyl (C=O) groups excluding carboxylic acids is 1. The lowest BCUT2D eigenvalue weighted by Gasteiger charge is -2.12. The number of aryl methyl sites for hydroxylation is 2. The average molecular weight is 267 g/mol. The molecule has 0 fully saturated rings. The van der Waals surface area contributed by atoms with Crippen LogP contribution >= 0.6 is 11.3 Å². The van der Waals surface area contributed by atoms with E-state index in [0.29, 0.717) is 11.3 Å². The molecule has 2 N–H and O–H groups in total. The van der Waals surface area contributed by atoms with E-state index in [9.17, 15) is 9.59 Å². The minimum absolute atomic E-state index is 0.254. The summed E-state index contributed by atoms with van der Waals surface area (Å²) >= 11 is 1.50. The van der Waals surface area contributed by atoms with Crippen LogP contribution in [0.25, 0.3) is 0 Å². The number of carbonyl (C=O) groups is 2. The van der Waals surface area contributed by atoms with Crippen molar-refractivity contribution >= 4 is 23.2 Å². The summed E-state index contributed by atoms with van der Waals surface area (Å²) in [5.41, 5.74) is 1.26. The quantitative estimate of drug-likeness (QED) is 0.859. The highest BCUT2D eigenvalue weighted by molar-refractivity contribution is 7.14. The molecule has 1 aliphatic carbocycles. The number of carboxylic acids is 1. The Hall–Kier alpha value is -1.36. The van der Waals surface area contributed by atoms with E-state index in [1.54, 1.807) is 0 Å². The van der Waals surface area contributed by atoms with Crippen LogP contribution in [0.3, 0.4) is 0 Å². The van der Waals surface area contributed by atoms with Crippen molar-refractivity contribution < 1.29 is 14.7 Å². The minimum atomic E-state index is -0.964. The topological polar surface area (TPSA) is 66.4 Å². The zero-order valence-electron chi connectivity index (χ0n) is 10.4. The Bertz CT molecular complexity index is 445. The molecule has 1 aromatic heterocycles. The van der Waals surface area contributed by atoms with Crippen molar-refractivity contribution in [2.75, 3.05) is 0 Å². The second kappa shape index (κ2) is 5.52. The lowest BCUT2D eigenvalue weighted by molar-refractivity contribution is -0.139. The van der Waals surface area contributed by atoms with Crippen molar-refractivity contribution in [3.05, 3.63) is 21.4 Å². The van der Waals surface area contributed by atoms with Crippen LogP contribution in [-0.2, 0) is 17.6 Å². The van der Waals surface area contributed by atoms with Crippen molar-refractivity contribution in [1.29, 1.82) is 0 Å². The van der Waals surface area contributed by atoms with Gasteiger partial charge in [0.2, 0.25) is 0 Å². The molecule has 0 radical (unpaired) electrons. The molecule has 2 rings (SSSR count). The van der Waals surface area contributed by atoms with Gasteiger partial charge in [0.05, 0.1) is 4.88 Å². The van der Waals surface area contributed by atoms with Gasteiger partial charge in [-0.3, -0.25) is 4.79 Å². The number of aliphatic carboxylic acids is 1. The van der Waals surface area contributed by atoms with Gasteiger partial charge in [0.15, 0.2) is 0 Å². The Morgan fingerprint density at radius 3 is 2.89 bits per heavy atom. The second-order valence-electron chi connectivity index (χ2n) is 4.57. The van der Waals surface area contributed by atoms with Crippen LogP contribution in [-0.4, -0.2) is 23.0 Å². The molecule has 1 atom stereocenters. The van der Waals surface area contributed by atoms with Crippen LogP contribution in [0.5, 0.6) is 0 Å². The average Bonchev–Trinajstić information content (AvgIpc) is 2.87. The Kier molecular flexibility index (Phi) is 4.01. The van der Waals surface area contributed by atoms with Crippen molar-refractivity contribution in [3.8, 4) is 0 Å². The van der Waals surface area contributed by atoms with E-state index in [2.05, 4.69) is 5.32 Å². The van der Waals surface area contributed by atoms with Crippen molar-refractivity contribution in [3.63, 3.8) is 0 Å². The predicted octanol–water partition coefficient (Wildman–Crippen LogP) is 2.22. The van der Waals surface area contributed by atoms with Crippen LogP contribution in [0.1, 0.15) is 46.3 Å². The number of hydrogen-bond donors (Lipinski definition) is 2. The van der Waals surface area contributed by atoms with Gasteiger partial charge in [-0.25, -0.2) is 4.79 Å². The number of amides is 1. The van der Waals surface area contributed by atoms with E-state index >= 15 is 0 Å². The highest BCUT2D eigenvalue weighted by Crippen LogP contribution is 2.30. The highest BCUT2D eigenvalue weighted by atomic mass is 32.1. The van der Waals surface area contributed by atoms with E-state index in [4.69, 9.17) is 5.11 Å². The Morgan fingerprint density at radius 2 is 2.28 bits per heavy atom. The van der Waals surface area contributed by atoms with Gasteiger partial charge in [-0.05, 0) is 37.3 Å². The fourth-order valence-corrected chi connectivity index (χ4v) is 3.37. The first-order chi connectivity index (χ1) is 8.61. The first-order valence-corrected chi connectivity index (χ1v) is 7.08. The number of thiophene rings is 1. The Balaban J connectivity index is 2.04. The highest BCUT2D eigenvalue weighted by Gasteiger charge is 2.23. The molecule has 0 unspecified atom stereocenters. The Labute approximate surface area is 110 Å². The maximum absolute atomic E-state index is 12.0. The van der Waals surface area contributed by atoms with E-state index in [0.717, 1.165) is 25.7 Å². The molecule has 0 saturated carbocycles. The third-order valence-corrected chi connectivity index (χ3v) is 4.39. The van der Waals surface area contributed by atoms with Gasteiger partial charge in [0.1, 0.15) is 6.04 Å². The first-order valence-electron chi connectivity index (χ1n) is 6.27. The standard InChI is InChI=1S/C13H17NO3S/c1-2-4-9(13(16)17)14-12(15)11-7-8-5-3-6-10(8)18-11/h7,9H,2-6H2,1H3,(H,14,15)(H,16,17)/t9-/m1/s1. The molecule has 1 amide bonds. The van der Waals surface area contributed by atoms with Gasteiger partial charge in [0.25, 0.3) is 5.91 Å². The Morgan fingerprint density at radius 1 is 1.50 bits per heavy atom. The van der Waals surface area contributed by atoms with Gasteiger partial charge in [-0.2, -0.15) is 0 Å².